The van der Waals surface area contributed by atoms with Crippen LogP contribution in [0, 0.1) is 5.82 Å². The van der Waals surface area contributed by atoms with Gasteiger partial charge in [0.1, 0.15) is 5.82 Å². The van der Waals surface area contributed by atoms with Gasteiger partial charge in [0.25, 0.3) is 0 Å². The van der Waals surface area contributed by atoms with E-state index >= 15 is 0 Å². The van der Waals surface area contributed by atoms with E-state index in [9.17, 15) is 4.39 Å². The second kappa shape index (κ2) is 4.94. The first-order chi connectivity index (χ1) is 6.27. The molecule has 0 aliphatic rings. The molecule has 0 radical (unpaired) electrons. The van der Waals surface area contributed by atoms with E-state index < -0.39 is 0 Å². The van der Waals surface area contributed by atoms with Gasteiger partial charge in [0.05, 0.1) is 0 Å². The lowest BCUT2D eigenvalue weighted by molar-refractivity contribution is 0.276. The minimum Gasteiger partial charge on any atom is -0.396 e. The van der Waals surface area contributed by atoms with Crippen molar-refractivity contribution in [2.24, 2.45) is 5.73 Å². The van der Waals surface area contributed by atoms with Crippen LogP contribution in [0.1, 0.15) is 17.9 Å². The van der Waals surface area contributed by atoms with E-state index in [1.807, 2.05) is 6.07 Å². The molecular weight excluding hydrogens is 169 g/mol. The summed E-state index contributed by atoms with van der Waals surface area (Å²) in [5.74, 6) is -0.199. The normalized spacial score (nSPS) is 12.8. The van der Waals surface area contributed by atoms with E-state index in [0.717, 1.165) is 5.56 Å². The highest BCUT2D eigenvalue weighted by atomic mass is 19.1. The summed E-state index contributed by atoms with van der Waals surface area (Å²) >= 11 is 0. The smallest absolute Gasteiger partial charge is 0.123 e. The fourth-order valence-corrected chi connectivity index (χ4v) is 1.34. The summed E-state index contributed by atoms with van der Waals surface area (Å²) in [6.45, 7) is 0.516. The first kappa shape index (κ1) is 10.2. The van der Waals surface area contributed by atoms with E-state index in [2.05, 4.69) is 0 Å². The summed E-state index contributed by atoms with van der Waals surface area (Å²) in [5.41, 5.74) is 6.37. The molecule has 0 bridgehead atoms. The largest absolute Gasteiger partial charge is 0.396 e. The number of nitrogens with two attached hydrogens (primary N) is 1. The average Bonchev–Trinajstić information content (AvgIpc) is 2.14. The first-order valence-electron chi connectivity index (χ1n) is 4.34. The molecule has 0 aliphatic carbocycles. The lowest BCUT2D eigenvalue weighted by atomic mass is 9.96. The van der Waals surface area contributed by atoms with E-state index in [1.54, 1.807) is 6.07 Å². The molecule has 1 aromatic carbocycles. The maximum absolute atomic E-state index is 12.8. The Morgan fingerprint density at radius 2 is 2.23 bits per heavy atom. The fraction of sp³-hybridized carbons (Fsp3) is 0.400. The van der Waals surface area contributed by atoms with Crippen LogP contribution in [0.2, 0.25) is 0 Å². The first-order valence-corrected chi connectivity index (χ1v) is 4.34. The molecule has 0 saturated carbocycles. The van der Waals surface area contributed by atoms with Crippen molar-refractivity contribution in [3.63, 3.8) is 0 Å². The summed E-state index contributed by atoms with van der Waals surface area (Å²) < 4.78 is 12.8. The summed E-state index contributed by atoms with van der Waals surface area (Å²) in [4.78, 5) is 0. The molecule has 72 valence electrons. The number of hydrogen-bond acceptors (Lipinski definition) is 2. The van der Waals surface area contributed by atoms with E-state index in [-0.39, 0.29) is 18.3 Å². The Morgan fingerprint density at radius 3 is 2.77 bits per heavy atom. The van der Waals surface area contributed by atoms with Gasteiger partial charge in [-0.3, -0.25) is 0 Å². The minimum absolute atomic E-state index is 0.0562. The third-order valence-electron chi connectivity index (χ3n) is 2.08. The fourth-order valence-electron chi connectivity index (χ4n) is 1.34. The second-order valence-electron chi connectivity index (χ2n) is 3.00. The highest BCUT2D eigenvalue weighted by Gasteiger charge is 2.08. The van der Waals surface area contributed by atoms with Crippen LogP contribution in [0.4, 0.5) is 4.39 Å². The number of aliphatic hydroxyl groups excluding tert-OH is 1. The van der Waals surface area contributed by atoms with Crippen LogP contribution in [-0.2, 0) is 0 Å². The summed E-state index contributed by atoms with van der Waals surface area (Å²) in [6.07, 6.45) is 0.583. The predicted molar refractivity (Wildman–Crippen MR) is 49.9 cm³/mol. The van der Waals surface area contributed by atoms with Crippen molar-refractivity contribution in [1.29, 1.82) is 0 Å². The van der Waals surface area contributed by atoms with Crippen LogP contribution in [0.3, 0.4) is 0 Å². The number of aliphatic hydroxyl groups is 1. The molecule has 1 atom stereocenters. The van der Waals surface area contributed by atoms with Crippen molar-refractivity contribution in [2.75, 3.05) is 13.2 Å². The average molecular weight is 183 g/mol. The maximum atomic E-state index is 12.8. The third kappa shape index (κ3) is 2.79. The second-order valence-corrected chi connectivity index (χ2v) is 3.00. The van der Waals surface area contributed by atoms with Crippen molar-refractivity contribution < 1.29 is 9.50 Å². The molecule has 0 saturated heterocycles. The number of rotatable bonds is 4. The number of hydrogen-bond donors (Lipinski definition) is 2. The Kier molecular flexibility index (Phi) is 3.86. The van der Waals surface area contributed by atoms with Gasteiger partial charge in [0, 0.05) is 6.61 Å². The molecule has 0 fully saturated rings. The summed E-state index contributed by atoms with van der Waals surface area (Å²) in [5, 5.41) is 8.75. The molecule has 3 heteroatoms. The van der Waals surface area contributed by atoms with Gasteiger partial charge < -0.3 is 10.8 Å². The van der Waals surface area contributed by atoms with Crippen LogP contribution in [0.5, 0.6) is 0 Å². The van der Waals surface area contributed by atoms with Crippen LogP contribution in [0.15, 0.2) is 24.3 Å². The van der Waals surface area contributed by atoms with Gasteiger partial charge in [-0.25, -0.2) is 4.39 Å². The molecule has 13 heavy (non-hydrogen) atoms. The van der Waals surface area contributed by atoms with Crippen molar-refractivity contribution >= 4 is 0 Å². The van der Waals surface area contributed by atoms with Gasteiger partial charge in [-0.15, -0.1) is 0 Å². The molecule has 0 amide bonds. The van der Waals surface area contributed by atoms with Crippen molar-refractivity contribution in [1.82, 2.24) is 0 Å². The van der Waals surface area contributed by atoms with Crippen molar-refractivity contribution in [2.45, 2.75) is 12.3 Å². The van der Waals surface area contributed by atoms with Crippen LogP contribution < -0.4 is 5.73 Å². The quantitative estimate of drug-likeness (QED) is 0.738. The Morgan fingerprint density at radius 1 is 1.46 bits per heavy atom. The maximum Gasteiger partial charge on any atom is 0.123 e. The van der Waals surface area contributed by atoms with Crippen molar-refractivity contribution in [3.05, 3.63) is 35.6 Å². The van der Waals surface area contributed by atoms with Crippen LogP contribution in [0.25, 0.3) is 0 Å². The monoisotopic (exact) mass is 183 g/mol. The Labute approximate surface area is 77.2 Å². The lowest BCUT2D eigenvalue weighted by Gasteiger charge is -2.13. The number of halogens is 1. The van der Waals surface area contributed by atoms with Gasteiger partial charge in [0.2, 0.25) is 0 Å². The lowest BCUT2D eigenvalue weighted by Crippen LogP contribution is -2.13. The summed E-state index contributed by atoms with van der Waals surface area (Å²) in [6, 6.07) is 6.35. The molecule has 1 unspecified atom stereocenters. The van der Waals surface area contributed by atoms with E-state index in [4.69, 9.17) is 10.8 Å². The standard InChI is InChI=1S/C10H14FNO/c11-10-3-1-2-8(6-10)9(7-12)4-5-13/h1-3,6,9,13H,4-5,7,12H2. The van der Waals surface area contributed by atoms with Gasteiger partial charge >= 0.3 is 0 Å². The Hall–Kier alpha value is -0.930. The van der Waals surface area contributed by atoms with Crippen molar-refractivity contribution in [3.8, 4) is 0 Å². The van der Waals surface area contributed by atoms with Crippen LogP contribution >= 0.6 is 0 Å². The van der Waals surface area contributed by atoms with Gasteiger partial charge in [-0.2, -0.15) is 0 Å². The minimum atomic E-state index is -0.256. The third-order valence-corrected chi connectivity index (χ3v) is 2.08. The molecule has 3 N–H and O–H groups in total. The Balaban J connectivity index is 2.78. The van der Waals surface area contributed by atoms with Gasteiger partial charge in [0.15, 0.2) is 0 Å². The zero-order chi connectivity index (χ0) is 9.68. The topological polar surface area (TPSA) is 46.2 Å². The SMILES string of the molecule is NCC(CCO)c1cccc(F)c1. The van der Waals surface area contributed by atoms with Crippen LogP contribution in [-0.4, -0.2) is 18.3 Å². The molecule has 0 aromatic heterocycles. The van der Waals surface area contributed by atoms with E-state index in [1.165, 1.54) is 12.1 Å². The van der Waals surface area contributed by atoms with Gasteiger partial charge in [-0.1, -0.05) is 12.1 Å². The van der Waals surface area contributed by atoms with E-state index in [0.29, 0.717) is 13.0 Å². The Bertz CT molecular complexity index is 265. The molecule has 1 rings (SSSR count). The highest BCUT2D eigenvalue weighted by Crippen LogP contribution is 2.18. The molecule has 0 aliphatic heterocycles. The zero-order valence-electron chi connectivity index (χ0n) is 7.41. The molecular formula is C10H14FNO. The predicted octanol–water partition coefficient (Wildman–Crippen LogP) is 1.25. The molecule has 0 heterocycles. The summed E-state index contributed by atoms with van der Waals surface area (Å²) in [7, 11) is 0. The molecule has 1 aromatic rings. The number of benzene rings is 1. The molecule has 0 spiro atoms. The highest BCUT2D eigenvalue weighted by molar-refractivity contribution is 5.20. The van der Waals surface area contributed by atoms with Gasteiger partial charge in [-0.05, 0) is 36.6 Å². The molecule has 2 nitrogen and oxygen atoms in total. The zero-order valence-corrected chi connectivity index (χ0v) is 7.41.